The summed E-state index contributed by atoms with van der Waals surface area (Å²) in [6, 6.07) is 10.5. The molecule has 78 valence electrons. The second kappa shape index (κ2) is 3.53. The molecule has 0 aromatic heterocycles. The Kier molecular flexibility index (Phi) is 2.03. The van der Waals surface area contributed by atoms with Crippen LogP contribution in [0.5, 0.6) is 0 Å². The quantitative estimate of drug-likeness (QED) is 0.652. The zero-order valence-electron chi connectivity index (χ0n) is 8.98. The molecule has 0 aliphatic heterocycles. The first-order valence-electron chi connectivity index (χ1n) is 5.49. The van der Waals surface area contributed by atoms with Crippen LogP contribution in [0.25, 0.3) is 22.9 Å². The van der Waals surface area contributed by atoms with Crippen LogP contribution in [-0.4, -0.2) is 0 Å². The number of benzene rings is 2. The van der Waals surface area contributed by atoms with Gasteiger partial charge in [0, 0.05) is 5.69 Å². The largest absolute Gasteiger partial charge is 0.399 e. The Labute approximate surface area is 94.9 Å². The fourth-order valence-electron chi connectivity index (χ4n) is 2.11. The highest BCUT2D eigenvalue weighted by molar-refractivity contribution is 5.90. The zero-order chi connectivity index (χ0) is 11.0. The van der Waals surface area contributed by atoms with Crippen LogP contribution in [0.4, 0.5) is 5.69 Å². The van der Waals surface area contributed by atoms with Crippen molar-refractivity contribution in [3.05, 3.63) is 53.6 Å². The molecule has 1 aliphatic carbocycles. The van der Waals surface area contributed by atoms with Gasteiger partial charge in [0.15, 0.2) is 0 Å². The molecule has 1 nitrogen and oxygen atoms in total. The van der Waals surface area contributed by atoms with Crippen LogP contribution in [0.15, 0.2) is 42.5 Å². The molecule has 2 aromatic carbocycles. The number of nitrogens with two attached hydrogens (primary N) is 1. The third-order valence-corrected chi connectivity index (χ3v) is 2.93. The molecule has 0 bridgehead atoms. The summed E-state index contributed by atoms with van der Waals surface area (Å²) >= 11 is 0. The molecule has 0 unspecified atom stereocenters. The molecule has 0 heterocycles. The first-order valence-corrected chi connectivity index (χ1v) is 5.49. The molecule has 2 aromatic rings. The third kappa shape index (κ3) is 1.50. The summed E-state index contributed by atoms with van der Waals surface area (Å²) in [4.78, 5) is 0. The first kappa shape index (κ1) is 9.22. The summed E-state index contributed by atoms with van der Waals surface area (Å²) in [6.45, 7) is 0. The van der Waals surface area contributed by atoms with Crippen LogP contribution in [0.3, 0.4) is 0 Å². The fourth-order valence-corrected chi connectivity index (χ4v) is 2.11. The van der Waals surface area contributed by atoms with Crippen molar-refractivity contribution in [1.82, 2.24) is 0 Å². The van der Waals surface area contributed by atoms with Gasteiger partial charge in [-0.05, 0) is 52.6 Å². The third-order valence-electron chi connectivity index (χ3n) is 2.93. The van der Waals surface area contributed by atoms with Crippen LogP contribution < -0.4 is 5.73 Å². The minimum atomic E-state index is 0.820. The second-order valence-corrected chi connectivity index (χ2v) is 4.13. The van der Waals surface area contributed by atoms with Gasteiger partial charge in [0.2, 0.25) is 0 Å². The van der Waals surface area contributed by atoms with Crippen molar-refractivity contribution < 1.29 is 0 Å². The highest BCUT2D eigenvalue weighted by atomic mass is 14.5. The summed E-state index contributed by atoms with van der Waals surface area (Å²) in [5.74, 6) is 0. The van der Waals surface area contributed by atoms with E-state index in [1.165, 1.54) is 21.9 Å². The first-order chi connectivity index (χ1) is 7.83. The van der Waals surface area contributed by atoms with Crippen LogP contribution in [-0.2, 0) is 0 Å². The number of nitrogen functional groups attached to an aromatic ring is 1. The highest BCUT2D eigenvalue weighted by Gasteiger charge is 2.02. The average Bonchev–Trinajstić information content (AvgIpc) is 2.50. The fraction of sp³-hybridized carbons (Fsp3) is 0.0667. The molecule has 0 fully saturated rings. The van der Waals surface area contributed by atoms with Crippen molar-refractivity contribution in [3.63, 3.8) is 0 Å². The lowest BCUT2D eigenvalue weighted by atomic mass is 10.0. The van der Waals surface area contributed by atoms with E-state index in [0.29, 0.717) is 0 Å². The van der Waals surface area contributed by atoms with Crippen molar-refractivity contribution in [2.24, 2.45) is 0 Å². The minimum Gasteiger partial charge on any atom is -0.399 e. The van der Waals surface area contributed by atoms with E-state index in [1.54, 1.807) is 0 Å². The van der Waals surface area contributed by atoms with E-state index in [-0.39, 0.29) is 0 Å². The van der Waals surface area contributed by atoms with Crippen molar-refractivity contribution in [2.75, 3.05) is 5.73 Å². The summed E-state index contributed by atoms with van der Waals surface area (Å²) in [6.07, 6.45) is 9.74. The molecule has 0 saturated heterocycles. The lowest BCUT2D eigenvalue weighted by Crippen LogP contribution is -1.86. The second-order valence-electron chi connectivity index (χ2n) is 4.13. The van der Waals surface area contributed by atoms with E-state index in [9.17, 15) is 0 Å². The van der Waals surface area contributed by atoms with E-state index < -0.39 is 0 Å². The Morgan fingerprint density at radius 1 is 0.812 bits per heavy atom. The number of hydrogen-bond acceptors (Lipinski definition) is 1. The van der Waals surface area contributed by atoms with Gasteiger partial charge in [-0.25, -0.2) is 0 Å². The van der Waals surface area contributed by atoms with E-state index in [1.807, 2.05) is 12.1 Å². The summed E-state index contributed by atoms with van der Waals surface area (Å²) in [5, 5.41) is 2.45. The molecule has 0 saturated carbocycles. The Morgan fingerprint density at radius 2 is 1.50 bits per heavy atom. The molecule has 0 atom stereocenters. The lowest BCUT2D eigenvalue weighted by molar-refractivity contribution is 1.44. The molecular formula is C15H13N. The van der Waals surface area contributed by atoms with Gasteiger partial charge in [-0.3, -0.25) is 0 Å². The predicted octanol–water partition coefficient (Wildman–Crippen LogP) is 3.85. The Hall–Kier alpha value is -2.02. The average molecular weight is 207 g/mol. The topological polar surface area (TPSA) is 26.0 Å². The Bertz CT molecular complexity index is 606. The van der Waals surface area contributed by atoms with E-state index >= 15 is 0 Å². The van der Waals surface area contributed by atoms with Gasteiger partial charge in [0.1, 0.15) is 0 Å². The van der Waals surface area contributed by atoms with Crippen molar-refractivity contribution >= 4 is 28.6 Å². The molecule has 3 rings (SSSR count). The molecule has 0 spiro atoms. The van der Waals surface area contributed by atoms with Crippen molar-refractivity contribution in [3.8, 4) is 0 Å². The number of hydrogen-bond donors (Lipinski definition) is 1. The van der Waals surface area contributed by atoms with Gasteiger partial charge in [-0.1, -0.05) is 30.4 Å². The highest BCUT2D eigenvalue weighted by Crippen LogP contribution is 2.25. The number of fused-ring (bicyclic) bond motifs is 2. The van der Waals surface area contributed by atoms with Crippen LogP contribution in [0.2, 0.25) is 0 Å². The van der Waals surface area contributed by atoms with Gasteiger partial charge in [-0.2, -0.15) is 0 Å². The molecular weight excluding hydrogens is 194 g/mol. The standard InChI is InChI=1S/C15H13N/c16-15-7-6-13-8-11-4-2-1-3-5-12(11)9-14(13)10-15/h2-10H,1,16H2. The minimum absolute atomic E-state index is 0.820. The summed E-state index contributed by atoms with van der Waals surface area (Å²) in [7, 11) is 0. The number of rotatable bonds is 0. The van der Waals surface area contributed by atoms with Crippen molar-refractivity contribution in [1.29, 1.82) is 0 Å². The maximum Gasteiger partial charge on any atom is 0.0320 e. The molecule has 0 amide bonds. The van der Waals surface area contributed by atoms with E-state index in [2.05, 4.69) is 42.5 Å². The molecule has 2 N–H and O–H groups in total. The summed E-state index contributed by atoms with van der Waals surface area (Å²) in [5.41, 5.74) is 9.17. The maximum atomic E-state index is 5.80. The zero-order valence-corrected chi connectivity index (χ0v) is 8.98. The summed E-state index contributed by atoms with van der Waals surface area (Å²) < 4.78 is 0. The molecule has 1 heteroatoms. The molecule has 0 radical (unpaired) electrons. The van der Waals surface area contributed by atoms with E-state index in [4.69, 9.17) is 5.73 Å². The maximum absolute atomic E-state index is 5.80. The molecule has 16 heavy (non-hydrogen) atoms. The monoisotopic (exact) mass is 207 g/mol. The smallest absolute Gasteiger partial charge is 0.0320 e. The normalized spacial score (nSPS) is 13.8. The van der Waals surface area contributed by atoms with Crippen LogP contribution in [0.1, 0.15) is 17.5 Å². The molecule has 1 aliphatic rings. The van der Waals surface area contributed by atoms with Gasteiger partial charge >= 0.3 is 0 Å². The SMILES string of the molecule is Nc1ccc2cc3c(cc2c1)C=CCC=C3. The Morgan fingerprint density at radius 3 is 2.25 bits per heavy atom. The van der Waals surface area contributed by atoms with Gasteiger partial charge in [-0.15, -0.1) is 0 Å². The van der Waals surface area contributed by atoms with Crippen LogP contribution in [0, 0.1) is 0 Å². The van der Waals surface area contributed by atoms with Crippen molar-refractivity contribution in [2.45, 2.75) is 6.42 Å². The number of allylic oxidation sites excluding steroid dienone is 2. The van der Waals surface area contributed by atoms with Gasteiger partial charge in [0.05, 0.1) is 0 Å². The lowest BCUT2D eigenvalue weighted by Gasteiger charge is -2.05. The predicted molar refractivity (Wildman–Crippen MR) is 71.0 cm³/mol. The Balaban J connectivity index is 2.33. The van der Waals surface area contributed by atoms with Gasteiger partial charge in [0.25, 0.3) is 0 Å². The number of anilines is 1. The van der Waals surface area contributed by atoms with Crippen LogP contribution >= 0.6 is 0 Å². The van der Waals surface area contributed by atoms with Gasteiger partial charge < -0.3 is 5.73 Å². The van der Waals surface area contributed by atoms with E-state index in [0.717, 1.165) is 12.1 Å².